The average molecular weight is 333 g/mol. The number of Topliss-reactive ketones (excluding diaryl/α,β-unsaturated/α-hetero) is 1. The molecule has 4 rings (SSSR count). The van der Waals surface area contributed by atoms with Crippen molar-refractivity contribution in [1.82, 2.24) is 4.98 Å². The van der Waals surface area contributed by atoms with E-state index in [-0.39, 0.29) is 17.6 Å². The first kappa shape index (κ1) is 15.7. The van der Waals surface area contributed by atoms with Crippen molar-refractivity contribution in [3.05, 3.63) is 59.9 Å². The lowest BCUT2D eigenvalue weighted by Crippen LogP contribution is -2.12. The van der Waals surface area contributed by atoms with Gasteiger partial charge >= 0.3 is 0 Å². The zero-order valence-electron chi connectivity index (χ0n) is 14.1. The standard InChI is InChI=1S/C20H19N3O2/c1-25-20-8-3-2-6-14(20)15-12-16(15)19(24)11-13-10-18(23-22-13)17-7-4-5-9-21-17/h2-9,15-16H,10-12H2,1H3. The number of carbonyl (C=O) groups is 1. The highest BCUT2D eigenvalue weighted by molar-refractivity contribution is 6.18. The molecule has 1 fully saturated rings. The van der Waals surface area contributed by atoms with Crippen molar-refractivity contribution in [2.75, 3.05) is 7.11 Å². The second-order valence-electron chi connectivity index (χ2n) is 6.44. The normalized spacial score (nSPS) is 21.5. The summed E-state index contributed by atoms with van der Waals surface area (Å²) in [5.74, 6) is 1.44. The monoisotopic (exact) mass is 333 g/mol. The molecule has 1 aliphatic heterocycles. The number of pyridine rings is 1. The van der Waals surface area contributed by atoms with Gasteiger partial charge in [0.15, 0.2) is 0 Å². The van der Waals surface area contributed by atoms with E-state index in [4.69, 9.17) is 4.74 Å². The van der Waals surface area contributed by atoms with E-state index in [2.05, 4.69) is 15.2 Å². The van der Waals surface area contributed by atoms with Gasteiger partial charge in [-0.1, -0.05) is 24.3 Å². The predicted octanol–water partition coefficient (Wildman–Crippen LogP) is 3.40. The molecule has 2 heterocycles. The highest BCUT2D eigenvalue weighted by Gasteiger charge is 2.45. The van der Waals surface area contributed by atoms with Crippen molar-refractivity contribution in [3.8, 4) is 5.75 Å². The van der Waals surface area contributed by atoms with Gasteiger partial charge in [-0.2, -0.15) is 10.2 Å². The first-order valence-electron chi connectivity index (χ1n) is 8.45. The van der Waals surface area contributed by atoms with E-state index in [1.165, 1.54) is 0 Å². The lowest BCUT2D eigenvalue weighted by molar-refractivity contribution is -0.119. The zero-order valence-corrected chi connectivity index (χ0v) is 14.1. The van der Waals surface area contributed by atoms with Crippen LogP contribution in [0.1, 0.15) is 36.4 Å². The number of carbonyl (C=O) groups excluding carboxylic acids is 1. The van der Waals surface area contributed by atoms with E-state index >= 15 is 0 Å². The molecule has 1 aromatic heterocycles. The van der Waals surface area contributed by atoms with Crippen LogP contribution in [0.3, 0.4) is 0 Å². The summed E-state index contributed by atoms with van der Waals surface area (Å²) in [4.78, 5) is 16.9. The summed E-state index contributed by atoms with van der Waals surface area (Å²) < 4.78 is 5.41. The summed E-state index contributed by atoms with van der Waals surface area (Å²) in [6.07, 6.45) is 3.61. The van der Waals surface area contributed by atoms with Crippen molar-refractivity contribution in [2.45, 2.75) is 25.2 Å². The number of aromatic nitrogens is 1. The first-order valence-corrected chi connectivity index (χ1v) is 8.45. The van der Waals surface area contributed by atoms with E-state index < -0.39 is 0 Å². The smallest absolute Gasteiger partial charge is 0.142 e. The van der Waals surface area contributed by atoms with Gasteiger partial charge in [0.2, 0.25) is 0 Å². The van der Waals surface area contributed by atoms with Crippen LogP contribution in [0.5, 0.6) is 5.75 Å². The van der Waals surface area contributed by atoms with Gasteiger partial charge in [-0.3, -0.25) is 9.78 Å². The minimum Gasteiger partial charge on any atom is -0.496 e. The fourth-order valence-corrected chi connectivity index (χ4v) is 3.37. The summed E-state index contributed by atoms with van der Waals surface area (Å²) in [5, 5.41) is 8.39. The van der Waals surface area contributed by atoms with Crippen molar-refractivity contribution in [2.24, 2.45) is 16.1 Å². The van der Waals surface area contributed by atoms with Crippen LogP contribution in [0, 0.1) is 5.92 Å². The third-order valence-electron chi connectivity index (χ3n) is 4.76. The van der Waals surface area contributed by atoms with Gasteiger partial charge in [0.25, 0.3) is 0 Å². The number of benzene rings is 1. The van der Waals surface area contributed by atoms with E-state index in [1.54, 1.807) is 13.3 Å². The zero-order chi connectivity index (χ0) is 17.2. The van der Waals surface area contributed by atoms with E-state index in [0.29, 0.717) is 12.8 Å². The maximum absolute atomic E-state index is 12.6. The van der Waals surface area contributed by atoms with Crippen LogP contribution in [0.4, 0.5) is 0 Å². The molecule has 1 aromatic carbocycles. The molecule has 0 bridgehead atoms. The topological polar surface area (TPSA) is 63.9 Å². The molecule has 2 atom stereocenters. The molecule has 1 aliphatic carbocycles. The average Bonchev–Trinajstić information content (AvgIpc) is 3.34. The summed E-state index contributed by atoms with van der Waals surface area (Å²) in [6, 6.07) is 13.6. The number of rotatable bonds is 6. The second kappa shape index (κ2) is 6.59. The maximum atomic E-state index is 12.6. The largest absolute Gasteiger partial charge is 0.496 e. The molecule has 2 unspecified atom stereocenters. The maximum Gasteiger partial charge on any atom is 0.142 e. The number of hydrogen-bond acceptors (Lipinski definition) is 5. The minimum atomic E-state index is 0.0675. The molecule has 0 radical (unpaired) electrons. The fourth-order valence-electron chi connectivity index (χ4n) is 3.37. The molecule has 1 saturated carbocycles. The number of ketones is 1. The van der Waals surface area contributed by atoms with Gasteiger partial charge in [0, 0.05) is 25.0 Å². The van der Waals surface area contributed by atoms with Gasteiger partial charge in [0.05, 0.1) is 24.2 Å². The predicted molar refractivity (Wildman–Crippen MR) is 96.3 cm³/mol. The molecular weight excluding hydrogens is 314 g/mol. The molecule has 5 nitrogen and oxygen atoms in total. The van der Waals surface area contributed by atoms with Crippen LogP contribution >= 0.6 is 0 Å². The van der Waals surface area contributed by atoms with Gasteiger partial charge in [-0.25, -0.2) is 0 Å². The Balaban J connectivity index is 1.36. The Labute approximate surface area is 146 Å². The molecule has 0 saturated heterocycles. The number of hydrogen-bond donors (Lipinski definition) is 0. The van der Waals surface area contributed by atoms with Gasteiger partial charge in [-0.05, 0) is 36.1 Å². The Hall–Kier alpha value is -2.82. The van der Waals surface area contributed by atoms with Gasteiger partial charge in [-0.15, -0.1) is 0 Å². The van der Waals surface area contributed by atoms with Crippen LogP contribution in [-0.2, 0) is 4.79 Å². The Morgan fingerprint density at radius 1 is 1.16 bits per heavy atom. The highest BCUT2D eigenvalue weighted by Crippen LogP contribution is 2.51. The number of nitrogens with zero attached hydrogens (tertiary/aromatic N) is 3. The third-order valence-corrected chi connectivity index (χ3v) is 4.76. The van der Waals surface area contributed by atoms with Crippen molar-refractivity contribution in [1.29, 1.82) is 0 Å². The van der Waals surface area contributed by atoms with Crippen LogP contribution in [0.15, 0.2) is 58.9 Å². The lowest BCUT2D eigenvalue weighted by atomic mass is 10.0. The summed E-state index contributed by atoms with van der Waals surface area (Å²) in [5.41, 5.74) is 3.62. The summed E-state index contributed by atoms with van der Waals surface area (Å²) >= 11 is 0. The molecule has 25 heavy (non-hydrogen) atoms. The van der Waals surface area contributed by atoms with Crippen LogP contribution in [-0.4, -0.2) is 29.3 Å². The van der Waals surface area contributed by atoms with E-state index in [1.807, 2.05) is 42.5 Å². The van der Waals surface area contributed by atoms with Crippen molar-refractivity contribution < 1.29 is 9.53 Å². The lowest BCUT2D eigenvalue weighted by Gasteiger charge is -2.07. The number of para-hydroxylation sites is 1. The molecule has 2 aliphatic rings. The van der Waals surface area contributed by atoms with Crippen LogP contribution in [0.2, 0.25) is 0 Å². The van der Waals surface area contributed by atoms with E-state index in [9.17, 15) is 4.79 Å². The quantitative estimate of drug-likeness (QED) is 0.814. The molecule has 2 aromatic rings. The number of ether oxygens (including phenoxy) is 1. The fraction of sp³-hybridized carbons (Fsp3) is 0.300. The van der Waals surface area contributed by atoms with Gasteiger partial charge < -0.3 is 4.74 Å². The number of methoxy groups -OCH3 is 1. The first-order chi connectivity index (χ1) is 12.3. The SMILES string of the molecule is COc1ccccc1C1CC1C(=O)CC1=NN=C(c2ccccn2)C1. The summed E-state index contributed by atoms with van der Waals surface area (Å²) in [6.45, 7) is 0. The molecule has 5 heteroatoms. The van der Waals surface area contributed by atoms with Crippen LogP contribution < -0.4 is 4.74 Å². The van der Waals surface area contributed by atoms with Gasteiger partial charge in [0.1, 0.15) is 11.5 Å². The summed E-state index contributed by atoms with van der Waals surface area (Å²) in [7, 11) is 1.67. The molecule has 126 valence electrons. The molecular formula is C20H19N3O2. The van der Waals surface area contributed by atoms with Crippen LogP contribution in [0.25, 0.3) is 0 Å². The highest BCUT2D eigenvalue weighted by atomic mass is 16.5. The second-order valence-corrected chi connectivity index (χ2v) is 6.44. The Morgan fingerprint density at radius 2 is 2.00 bits per heavy atom. The third kappa shape index (κ3) is 3.22. The molecule has 0 N–H and O–H groups in total. The Morgan fingerprint density at radius 3 is 2.80 bits per heavy atom. The van der Waals surface area contributed by atoms with E-state index in [0.717, 1.165) is 34.9 Å². The minimum absolute atomic E-state index is 0.0675. The van der Waals surface area contributed by atoms with Crippen molar-refractivity contribution in [3.63, 3.8) is 0 Å². The molecule has 0 spiro atoms. The van der Waals surface area contributed by atoms with Crippen molar-refractivity contribution >= 4 is 17.2 Å². The Bertz CT molecular complexity index is 858. The Kier molecular flexibility index (Phi) is 4.14. The molecule has 0 amide bonds.